The summed E-state index contributed by atoms with van der Waals surface area (Å²) in [5.74, 6) is 0.0468. The third kappa shape index (κ3) is 25.5. The Morgan fingerprint density at radius 2 is 0.750 bits per heavy atom. The third-order valence-electron chi connectivity index (χ3n) is 8.63. The first-order chi connectivity index (χ1) is 29.8. The van der Waals surface area contributed by atoms with Gasteiger partial charge in [0.15, 0.2) is 0 Å². The first-order valence-electron chi connectivity index (χ1n) is 21.1. The van der Waals surface area contributed by atoms with E-state index in [4.69, 9.17) is 66.3 Å². The zero-order valence-electron chi connectivity index (χ0n) is 35.4. The normalized spacial score (nSPS) is 12.1. The molecule has 0 atom stereocenters. The number of hydrogen-bond acceptors (Lipinski definition) is 15. The summed E-state index contributed by atoms with van der Waals surface area (Å²) in [7, 11) is 0. The first-order valence-corrected chi connectivity index (χ1v) is 21.1. The number of fused-ring (bicyclic) bond motifs is 3. The molecule has 0 unspecified atom stereocenters. The van der Waals surface area contributed by atoms with E-state index in [1.54, 1.807) is 0 Å². The lowest BCUT2D eigenvalue weighted by molar-refractivity contribution is -0.0286. The summed E-state index contributed by atoms with van der Waals surface area (Å²) in [6.07, 6.45) is 1.66. The fourth-order valence-electron chi connectivity index (χ4n) is 5.73. The van der Waals surface area contributed by atoms with Crippen LogP contribution in [0.2, 0.25) is 0 Å². The van der Waals surface area contributed by atoms with Crippen molar-refractivity contribution in [3.8, 4) is 11.1 Å². The van der Waals surface area contributed by atoms with E-state index in [1.807, 2.05) is 24.3 Å². The molecule has 0 fully saturated rings. The highest BCUT2D eigenvalue weighted by atomic mass is 16.6. The number of nitrogens with one attached hydrogen (secondary N) is 1. The highest BCUT2D eigenvalue weighted by Gasteiger charge is 2.28. The van der Waals surface area contributed by atoms with Gasteiger partial charge in [0.05, 0.1) is 158 Å². The van der Waals surface area contributed by atoms with Gasteiger partial charge in [-0.05, 0) is 28.7 Å². The maximum Gasteiger partial charge on any atom is 0.407 e. The van der Waals surface area contributed by atoms with Crippen LogP contribution in [0.3, 0.4) is 0 Å². The summed E-state index contributed by atoms with van der Waals surface area (Å²) in [5, 5.41) is 2.81. The molecule has 0 spiro atoms. The molecule has 16 nitrogen and oxygen atoms in total. The standard InChI is InChI=1S/C44H69NO15/c1-2-47-14-15-49-18-19-51-22-23-53-26-27-55-30-31-57-34-35-59-37-36-58-33-32-56-29-28-54-25-24-52-21-20-50-17-16-48-13-7-12-45-44(46)60-38-43-41-10-5-3-8-39(41)40-9-4-6-11-42(40)43/h2-6,8-11,43H,1,7,12-38H2,(H,45,46). The minimum absolute atomic E-state index is 0.0468. The quantitative estimate of drug-likeness (QED) is 0.0745. The van der Waals surface area contributed by atoms with Crippen LogP contribution < -0.4 is 5.32 Å². The Labute approximate surface area is 356 Å². The maximum atomic E-state index is 12.3. The minimum atomic E-state index is -0.417. The van der Waals surface area contributed by atoms with E-state index in [0.29, 0.717) is 185 Å². The van der Waals surface area contributed by atoms with E-state index in [0.717, 1.165) is 0 Å². The maximum absolute atomic E-state index is 12.3. The number of alkyl carbamates (subject to hydrolysis) is 1. The Morgan fingerprint density at radius 1 is 0.450 bits per heavy atom. The Morgan fingerprint density at radius 3 is 1.08 bits per heavy atom. The van der Waals surface area contributed by atoms with Crippen molar-refractivity contribution in [2.24, 2.45) is 0 Å². The summed E-state index contributed by atoms with van der Waals surface area (Å²) >= 11 is 0. The van der Waals surface area contributed by atoms with Crippen molar-refractivity contribution in [1.82, 2.24) is 5.32 Å². The molecule has 1 amide bonds. The van der Waals surface area contributed by atoms with Crippen molar-refractivity contribution in [1.29, 1.82) is 0 Å². The van der Waals surface area contributed by atoms with Gasteiger partial charge in [-0.25, -0.2) is 4.79 Å². The molecule has 0 aliphatic heterocycles. The lowest BCUT2D eigenvalue weighted by atomic mass is 9.98. The van der Waals surface area contributed by atoms with Crippen molar-refractivity contribution in [2.75, 3.05) is 178 Å². The average molecular weight is 852 g/mol. The number of benzene rings is 2. The van der Waals surface area contributed by atoms with Crippen LogP contribution >= 0.6 is 0 Å². The molecule has 0 aromatic heterocycles. The number of carbonyl (C=O) groups excluding carboxylic acids is 1. The van der Waals surface area contributed by atoms with Crippen molar-refractivity contribution in [3.63, 3.8) is 0 Å². The van der Waals surface area contributed by atoms with Crippen molar-refractivity contribution in [3.05, 3.63) is 72.5 Å². The van der Waals surface area contributed by atoms with Crippen molar-refractivity contribution < 1.29 is 71.1 Å². The summed E-state index contributed by atoms with van der Waals surface area (Å²) in [5.41, 5.74) is 4.80. The second-order valence-electron chi connectivity index (χ2n) is 13.0. The van der Waals surface area contributed by atoms with Gasteiger partial charge in [-0.15, -0.1) is 0 Å². The molecule has 0 saturated heterocycles. The van der Waals surface area contributed by atoms with Crippen LogP contribution in [0.4, 0.5) is 4.79 Å². The Bertz CT molecular complexity index is 1280. The molecule has 340 valence electrons. The Hall–Kier alpha value is -3.23. The monoisotopic (exact) mass is 851 g/mol. The van der Waals surface area contributed by atoms with Gasteiger partial charge >= 0.3 is 6.09 Å². The van der Waals surface area contributed by atoms with Gasteiger partial charge in [0.1, 0.15) is 13.2 Å². The molecule has 3 rings (SSSR count). The second-order valence-corrected chi connectivity index (χ2v) is 13.0. The predicted molar refractivity (Wildman–Crippen MR) is 224 cm³/mol. The van der Waals surface area contributed by atoms with E-state index in [2.05, 4.69) is 36.2 Å². The second kappa shape index (κ2) is 37.5. The van der Waals surface area contributed by atoms with E-state index in [1.165, 1.54) is 28.5 Å². The summed E-state index contributed by atoms with van der Waals surface area (Å²) in [6, 6.07) is 16.6. The molecule has 16 heteroatoms. The topological polar surface area (TPSA) is 158 Å². The van der Waals surface area contributed by atoms with Crippen molar-refractivity contribution >= 4 is 6.09 Å². The third-order valence-corrected chi connectivity index (χ3v) is 8.63. The molecule has 2 aromatic carbocycles. The highest BCUT2D eigenvalue weighted by molar-refractivity contribution is 5.79. The SMILES string of the molecule is C=COCCOCCOCCOCCOCCOCCOCCOCCOCCOCCOCCOCCOCCCNC(=O)OCC1c2ccccc2-c2ccccc21. The number of hydrogen-bond donors (Lipinski definition) is 1. The zero-order valence-corrected chi connectivity index (χ0v) is 35.4. The van der Waals surface area contributed by atoms with E-state index in [-0.39, 0.29) is 5.92 Å². The average Bonchev–Trinajstić information content (AvgIpc) is 3.59. The molecule has 1 N–H and O–H groups in total. The molecule has 0 heterocycles. The fourth-order valence-corrected chi connectivity index (χ4v) is 5.73. The van der Waals surface area contributed by atoms with Gasteiger partial charge in [0, 0.05) is 19.1 Å². The van der Waals surface area contributed by atoms with E-state index >= 15 is 0 Å². The molecular formula is C44H69NO15. The minimum Gasteiger partial charge on any atom is -0.499 e. The van der Waals surface area contributed by atoms with E-state index < -0.39 is 6.09 Å². The summed E-state index contributed by atoms with van der Waals surface area (Å²) < 4.78 is 76.3. The molecule has 2 aromatic rings. The van der Waals surface area contributed by atoms with Gasteiger partial charge in [-0.3, -0.25) is 0 Å². The van der Waals surface area contributed by atoms with Gasteiger partial charge < -0.3 is 71.6 Å². The molecule has 60 heavy (non-hydrogen) atoms. The summed E-state index contributed by atoms with van der Waals surface area (Å²) in [4.78, 5) is 12.3. The Kier molecular flexibility index (Phi) is 32.0. The molecule has 0 saturated carbocycles. The lowest BCUT2D eigenvalue weighted by Crippen LogP contribution is -2.27. The molecular weight excluding hydrogens is 782 g/mol. The lowest BCUT2D eigenvalue weighted by Gasteiger charge is -2.14. The van der Waals surface area contributed by atoms with Gasteiger partial charge in [-0.1, -0.05) is 55.1 Å². The van der Waals surface area contributed by atoms with Crippen LogP contribution in [-0.4, -0.2) is 184 Å². The zero-order chi connectivity index (χ0) is 42.2. The first kappa shape index (κ1) is 51.1. The number of carbonyl (C=O) groups is 1. The number of rotatable bonds is 43. The molecule has 1 aliphatic rings. The van der Waals surface area contributed by atoms with Gasteiger partial charge in [0.25, 0.3) is 0 Å². The fraction of sp³-hybridized carbons (Fsp3) is 0.659. The molecule has 1 aliphatic carbocycles. The van der Waals surface area contributed by atoms with Crippen LogP contribution in [0.15, 0.2) is 61.4 Å². The van der Waals surface area contributed by atoms with Crippen LogP contribution in [0.5, 0.6) is 0 Å². The Balaban J connectivity index is 0.919. The van der Waals surface area contributed by atoms with Gasteiger partial charge in [0.2, 0.25) is 0 Å². The van der Waals surface area contributed by atoms with Crippen LogP contribution in [-0.2, 0) is 66.3 Å². The number of ether oxygens (including phenoxy) is 14. The van der Waals surface area contributed by atoms with Gasteiger partial charge in [-0.2, -0.15) is 0 Å². The van der Waals surface area contributed by atoms with Crippen LogP contribution in [0.1, 0.15) is 23.5 Å². The smallest absolute Gasteiger partial charge is 0.407 e. The largest absolute Gasteiger partial charge is 0.499 e. The van der Waals surface area contributed by atoms with Crippen molar-refractivity contribution in [2.45, 2.75) is 12.3 Å². The molecule has 0 radical (unpaired) electrons. The summed E-state index contributed by atoms with van der Waals surface area (Å²) in [6.45, 7) is 16.7. The van der Waals surface area contributed by atoms with Crippen LogP contribution in [0, 0.1) is 0 Å². The highest BCUT2D eigenvalue weighted by Crippen LogP contribution is 2.44. The number of amides is 1. The predicted octanol–water partition coefficient (Wildman–Crippen LogP) is 4.27. The van der Waals surface area contributed by atoms with E-state index in [9.17, 15) is 4.79 Å². The molecule has 0 bridgehead atoms. The van der Waals surface area contributed by atoms with Crippen LogP contribution in [0.25, 0.3) is 11.1 Å².